The van der Waals surface area contributed by atoms with E-state index < -0.39 is 15.6 Å². The van der Waals surface area contributed by atoms with E-state index in [2.05, 4.69) is 10.0 Å². The lowest BCUT2D eigenvalue weighted by Gasteiger charge is -2.33. The molecule has 3 rings (SSSR count). The molecule has 2 amide bonds. The number of sulfonamides is 1. The van der Waals surface area contributed by atoms with Crippen molar-refractivity contribution in [1.29, 1.82) is 0 Å². The van der Waals surface area contributed by atoms with Crippen LogP contribution < -0.4 is 14.8 Å². The monoisotopic (exact) mass is 481 g/mol. The van der Waals surface area contributed by atoms with E-state index in [1.807, 2.05) is 20.8 Å². The molecule has 33 heavy (non-hydrogen) atoms. The number of piperidine rings is 1. The Labute approximate surface area is 196 Å². The molecule has 1 aliphatic heterocycles. The van der Waals surface area contributed by atoms with Crippen LogP contribution in [0.15, 0.2) is 23.1 Å². The standard InChI is InChI=1S/C23H35N3O6S/c1-23(2,3)32-22(28)26-13-11-17(12-14-26)24-21(27)16-9-10-19(31-4)20(15-16)33(29,30)25-18-7-5-6-8-18/h9-10,15,17-18,25H,5-8,11-14H2,1-4H3,(H,24,27). The van der Waals surface area contributed by atoms with Gasteiger partial charge in [-0.25, -0.2) is 17.9 Å². The molecule has 1 saturated heterocycles. The quantitative estimate of drug-likeness (QED) is 0.646. The number of rotatable bonds is 6. The first kappa shape index (κ1) is 25.3. The Hall–Kier alpha value is -2.33. The van der Waals surface area contributed by atoms with Crippen molar-refractivity contribution in [1.82, 2.24) is 14.9 Å². The fraction of sp³-hybridized carbons (Fsp3) is 0.652. The van der Waals surface area contributed by atoms with Crippen molar-refractivity contribution in [2.45, 2.75) is 81.9 Å². The van der Waals surface area contributed by atoms with Crippen molar-refractivity contribution in [2.24, 2.45) is 0 Å². The van der Waals surface area contributed by atoms with Gasteiger partial charge in [0.25, 0.3) is 5.91 Å². The number of benzene rings is 1. The second-order valence-electron chi connectivity index (χ2n) is 9.68. The lowest BCUT2D eigenvalue weighted by molar-refractivity contribution is 0.0199. The second-order valence-corrected chi connectivity index (χ2v) is 11.4. The zero-order chi connectivity index (χ0) is 24.2. The highest BCUT2D eigenvalue weighted by atomic mass is 32.2. The highest BCUT2D eigenvalue weighted by molar-refractivity contribution is 7.89. The van der Waals surface area contributed by atoms with E-state index in [-0.39, 0.29) is 40.3 Å². The molecule has 10 heteroatoms. The van der Waals surface area contributed by atoms with Crippen molar-refractivity contribution in [3.63, 3.8) is 0 Å². The smallest absolute Gasteiger partial charge is 0.410 e. The van der Waals surface area contributed by atoms with Crippen LogP contribution in [0.1, 0.15) is 69.7 Å². The number of likely N-dealkylation sites (tertiary alicyclic amines) is 1. The van der Waals surface area contributed by atoms with Crippen LogP contribution in [-0.4, -0.2) is 63.2 Å². The van der Waals surface area contributed by atoms with Gasteiger partial charge in [-0.3, -0.25) is 4.79 Å². The Balaban J connectivity index is 1.64. The third kappa shape index (κ3) is 6.83. The summed E-state index contributed by atoms with van der Waals surface area (Å²) < 4.78 is 39.3. The summed E-state index contributed by atoms with van der Waals surface area (Å²) in [4.78, 5) is 26.7. The van der Waals surface area contributed by atoms with Crippen LogP contribution in [0.25, 0.3) is 0 Å². The van der Waals surface area contributed by atoms with Gasteiger partial charge < -0.3 is 19.7 Å². The lowest BCUT2D eigenvalue weighted by atomic mass is 10.0. The molecule has 1 heterocycles. The molecule has 1 aromatic rings. The summed E-state index contributed by atoms with van der Waals surface area (Å²) in [5.74, 6) is -0.159. The van der Waals surface area contributed by atoms with Crippen LogP contribution in [0.5, 0.6) is 5.75 Å². The fourth-order valence-electron chi connectivity index (χ4n) is 4.16. The third-order valence-corrected chi connectivity index (χ3v) is 7.42. The van der Waals surface area contributed by atoms with Crippen LogP contribution in [0.4, 0.5) is 4.79 Å². The van der Waals surface area contributed by atoms with E-state index in [1.165, 1.54) is 19.2 Å². The molecule has 2 N–H and O–H groups in total. The molecule has 0 spiro atoms. The van der Waals surface area contributed by atoms with Crippen molar-refractivity contribution in [3.8, 4) is 5.75 Å². The second kappa shape index (κ2) is 10.3. The number of carbonyl (C=O) groups excluding carboxylic acids is 2. The summed E-state index contributed by atoms with van der Waals surface area (Å²) >= 11 is 0. The number of methoxy groups -OCH3 is 1. The number of nitrogens with zero attached hydrogens (tertiary/aromatic N) is 1. The Morgan fingerprint density at radius 1 is 1.03 bits per heavy atom. The number of ether oxygens (including phenoxy) is 2. The van der Waals surface area contributed by atoms with Crippen molar-refractivity contribution >= 4 is 22.0 Å². The summed E-state index contributed by atoms with van der Waals surface area (Å²) in [6, 6.07) is 4.21. The Bertz CT molecular complexity index is 959. The minimum Gasteiger partial charge on any atom is -0.495 e. The van der Waals surface area contributed by atoms with Gasteiger partial charge in [-0.2, -0.15) is 0 Å². The van der Waals surface area contributed by atoms with Crippen molar-refractivity contribution in [2.75, 3.05) is 20.2 Å². The fourth-order valence-corrected chi connectivity index (χ4v) is 5.66. The van der Waals surface area contributed by atoms with E-state index in [4.69, 9.17) is 9.47 Å². The van der Waals surface area contributed by atoms with Gasteiger partial charge in [-0.05, 0) is 64.7 Å². The molecule has 0 aromatic heterocycles. The summed E-state index contributed by atoms with van der Waals surface area (Å²) in [6.45, 7) is 6.43. The number of hydrogen-bond acceptors (Lipinski definition) is 6. The van der Waals surface area contributed by atoms with Gasteiger partial charge in [-0.1, -0.05) is 12.8 Å². The van der Waals surface area contributed by atoms with E-state index in [0.717, 1.165) is 25.7 Å². The van der Waals surface area contributed by atoms with E-state index >= 15 is 0 Å². The maximum atomic E-state index is 13.0. The number of amides is 2. The predicted molar refractivity (Wildman–Crippen MR) is 124 cm³/mol. The Morgan fingerprint density at radius 2 is 1.67 bits per heavy atom. The molecule has 1 aliphatic carbocycles. The van der Waals surface area contributed by atoms with Crippen molar-refractivity contribution in [3.05, 3.63) is 23.8 Å². The average Bonchev–Trinajstić information content (AvgIpc) is 3.24. The topological polar surface area (TPSA) is 114 Å². The highest BCUT2D eigenvalue weighted by Gasteiger charge is 2.29. The normalized spacial score (nSPS) is 18.2. The molecule has 184 valence electrons. The minimum absolute atomic E-state index is 0.0377. The molecule has 9 nitrogen and oxygen atoms in total. The number of nitrogens with one attached hydrogen (secondary N) is 2. The van der Waals surface area contributed by atoms with Crippen LogP contribution in [0, 0.1) is 0 Å². The van der Waals surface area contributed by atoms with E-state index in [9.17, 15) is 18.0 Å². The van der Waals surface area contributed by atoms with Crippen molar-refractivity contribution < 1.29 is 27.5 Å². The van der Waals surface area contributed by atoms with E-state index in [1.54, 1.807) is 11.0 Å². The zero-order valence-electron chi connectivity index (χ0n) is 19.8. The van der Waals surface area contributed by atoms with Crippen LogP contribution in [0.3, 0.4) is 0 Å². The van der Waals surface area contributed by atoms with Gasteiger partial charge in [0.05, 0.1) is 7.11 Å². The number of hydrogen-bond donors (Lipinski definition) is 2. The molecule has 1 saturated carbocycles. The summed E-state index contributed by atoms with van der Waals surface area (Å²) in [7, 11) is -2.42. The lowest BCUT2D eigenvalue weighted by Crippen LogP contribution is -2.47. The highest BCUT2D eigenvalue weighted by Crippen LogP contribution is 2.27. The summed E-state index contributed by atoms with van der Waals surface area (Å²) in [6.07, 6.45) is 4.45. The van der Waals surface area contributed by atoms with Gasteiger partial charge in [0.15, 0.2) is 0 Å². The Kier molecular flexibility index (Phi) is 7.89. The maximum Gasteiger partial charge on any atom is 0.410 e. The first-order valence-corrected chi connectivity index (χ1v) is 13.0. The molecule has 0 atom stereocenters. The minimum atomic E-state index is -3.82. The molecule has 1 aromatic carbocycles. The largest absolute Gasteiger partial charge is 0.495 e. The third-order valence-electron chi connectivity index (χ3n) is 5.87. The van der Waals surface area contributed by atoms with Crippen LogP contribution in [-0.2, 0) is 14.8 Å². The molecule has 0 unspecified atom stereocenters. The average molecular weight is 482 g/mol. The van der Waals surface area contributed by atoms with Crippen LogP contribution >= 0.6 is 0 Å². The van der Waals surface area contributed by atoms with Gasteiger partial charge in [0, 0.05) is 30.7 Å². The molecule has 0 bridgehead atoms. The molecule has 2 aliphatic rings. The van der Waals surface area contributed by atoms with Gasteiger partial charge in [-0.15, -0.1) is 0 Å². The SMILES string of the molecule is COc1ccc(C(=O)NC2CCN(C(=O)OC(C)(C)C)CC2)cc1S(=O)(=O)NC1CCCC1. The summed E-state index contributed by atoms with van der Waals surface area (Å²) in [5, 5.41) is 2.96. The predicted octanol–water partition coefficient (Wildman–Crippen LogP) is 3.05. The van der Waals surface area contributed by atoms with E-state index in [0.29, 0.717) is 25.9 Å². The molecular weight excluding hydrogens is 446 g/mol. The molecule has 0 radical (unpaired) electrons. The first-order valence-electron chi connectivity index (χ1n) is 11.5. The Morgan fingerprint density at radius 3 is 2.24 bits per heavy atom. The van der Waals surface area contributed by atoms with Crippen LogP contribution in [0.2, 0.25) is 0 Å². The van der Waals surface area contributed by atoms with Gasteiger partial charge in [0.2, 0.25) is 10.0 Å². The first-order chi connectivity index (χ1) is 15.5. The van der Waals surface area contributed by atoms with Gasteiger partial charge >= 0.3 is 6.09 Å². The molecule has 2 fully saturated rings. The summed E-state index contributed by atoms with van der Waals surface area (Å²) in [5.41, 5.74) is -0.307. The zero-order valence-corrected chi connectivity index (χ0v) is 20.7. The van der Waals surface area contributed by atoms with Gasteiger partial charge in [0.1, 0.15) is 16.2 Å². The number of carbonyl (C=O) groups is 2. The molecular formula is C23H35N3O6S. The maximum absolute atomic E-state index is 13.0.